The Morgan fingerprint density at radius 3 is 2.76 bits per heavy atom. The predicted molar refractivity (Wildman–Crippen MR) is 97.8 cm³/mol. The van der Waals surface area contributed by atoms with E-state index in [1.54, 1.807) is 6.20 Å². The van der Waals surface area contributed by atoms with Gasteiger partial charge >= 0.3 is 0 Å². The molecule has 0 aliphatic heterocycles. The number of nitrogens with one attached hydrogen (secondary N) is 1. The Hall–Kier alpha value is -3.08. The lowest BCUT2D eigenvalue weighted by atomic mass is 10.1. The first kappa shape index (κ1) is 16.8. The van der Waals surface area contributed by atoms with E-state index in [-0.39, 0.29) is 12.5 Å². The fourth-order valence-electron chi connectivity index (χ4n) is 2.64. The third-order valence-corrected chi connectivity index (χ3v) is 3.87. The van der Waals surface area contributed by atoms with Crippen LogP contribution in [-0.2, 0) is 11.3 Å². The van der Waals surface area contributed by atoms with Gasteiger partial charge in [-0.1, -0.05) is 35.9 Å². The van der Waals surface area contributed by atoms with Gasteiger partial charge in [0.15, 0.2) is 6.61 Å². The van der Waals surface area contributed by atoms with Gasteiger partial charge in [0.1, 0.15) is 5.75 Å². The predicted octanol–water partition coefficient (Wildman–Crippen LogP) is 3.57. The number of anilines is 1. The van der Waals surface area contributed by atoms with Crippen LogP contribution < -0.4 is 10.1 Å². The second-order valence-electron chi connectivity index (χ2n) is 5.97. The molecule has 1 heterocycles. The van der Waals surface area contributed by atoms with Crippen molar-refractivity contribution < 1.29 is 9.53 Å². The zero-order valence-electron chi connectivity index (χ0n) is 14.4. The maximum atomic E-state index is 12.3. The van der Waals surface area contributed by atoms with E-state index < -0.39 is 0 Å². The molecule has 5 nitrogen and oxygen atoms in total. The number of hydrogen-bond donors (Lipinski definition) is 1. The standard InChI is InChI=1S/C20H21N3O2/c1-15-8-9-19(16(2)12-15)25-14-20(24)22-18-7-4-3-6-17(18)13-23-11-5-10-21-23/h3-12H,13-14H2,1-2H3,(H,22,24). The highest BCUT2D eigenvalue weighted by atomic mass is 16.5. The van der Waals surface area contributed by atoms with Gasteiger partial charge in [-0.3, -0.25) is 9.48 Å². The third-order valence-electron chi connectivity index (χ3n) is 3.87. The average Bonchev–Trinajstić information content (AvgIpc) is 3.09. The second kappa shape index (κ2) is 7.66. The summed E-state index contributed by atoms with van der Waals surface area (Å²) in [7, 11) is 0. The molecule has 0 aliphatic rings. The molecule has 0 saturated carbocycles. The highest BCUT2D eigenvalue weighted by Crippen LogP contribution is 2.19. The van der Waals surface area contributed by atoms with Crippen LogP contribution in [0.3, 0.4) is 0 Å². The minimum Gasteiger partial charge on any atom is -0.483 e. The Kier molecular flexibility index (Phi) is 5.14. The number of para-hydroxylation sites is 1. The van der Waals surface area contributed by atoms with Crippen LogP contribution in [0.1, 0.15) is 16.7 Å². The number of aryl methyl sites for hydroxylation is 2. The van der Waals surface area contributed by atoms with Crippen molar-refractivity contribution in [2.75, 3.05) is 11.9 Å². The molecular weight excluding hydrogens is 314 g/mol. The zero-order valence-corrected chi connectivity index (χ0v) is 14.4. The lowest BCUT2D eigenvalue weighted by Gasteiger charge is -2.13. The number of hydrogen-bond acceptors (Lipinski definition) is 3. The van der Waals surface area contributed by atoms with Crippen LogP contribution in [0.2, 0.25) is 0 Å². The summed E-state index contributed by atoms with van der Waals surface area (Å²) in [5.74, 6) is 0.540. The highest BCUT2D eigenvalue weighted by molar-refractivity contribution is 5.92. The van der Waals surface area contributed by atoms with Crippen molar-refractivity contribution in [2.24, 2.45) is 0 Å². The van der Waals surface area contributed by atoms with E-state index in [0.29, 0.717) is 6.54 Å². The molecule has 0 radical (unpaired) electrons. The number of carbonyl (C=O) groups is 1. The lowest BCUT2D eigenvalue weighted by Crippen LogP contribution is -2.21. The molecule has 0 saturated heterocycles. The summed E-state index contributed by atoms with van der Waals surface area (Å²) in [5.41, 5.74) is 3.95. The fourth-order valence-corrected chi connectivity index (χ4v) is 2.64. The third kappa shape index (κ3) is 4.47. The molecular formula is C20H21N3O2. The van der Waals surface area contributed by atoms with Crippen LogP contribution in [0, 0.1) is 13.8 Å². The summed E-state index contributed by atoms with van der Waals surface area (Å²) in [4.78, 5) is 12.3. The first-order valence-corrected chi connectivity index (χ1v) is 8.17. The number of nitrogens with zero attached hydrogens (tertiary/aromatic N) is 2. The van der Waals surface area contributed by atoms with Crippen LogP contribution in [0.25, 0.3) is 0 Å². The molecule has 0 atom stereocenters. The molecule has 0 spiro atoms. The van der Waals surface area contributed by atoms with Crippen molar-refractivity contribution in [3.63, 3.8) is 0 Å². The van der Waals surface area contributed by atoms with Gasteiger partial charge in [-0.25, -0.2) is 0 Å². The number of rotatable bonds is 6. The second-order valence-corrected chi connectivity index (χ2v) is 5.97. The monoisotopic (exact) mass is 335 g/mol. The van der Waals surface area contributed by atoms with Crippen LogP contribution in [0.4, 0.5) is 5.69 Å². The summed E-state index contributed by atoms with van der Waals surface area (Å²) in [6.07, 6.45) is 3.63. The Morgan fingerprint density at radius 1 is 1.16 bits per heavy atom. The fraction of sp³-hybridized carbons (Fsp3) is 0.200. The molecule has 0 unspecified atom stereocenters. The minimum atomic E-state index is -0.187. The van der Waals surface area contributed by atoms with E-state index in [0.717, 1.165) is 22.6 Å². The van der Waals surface area contributed by atoms with Gasteiger partial charge in [0.25, 0.3) is 5.91 Å². The number of carbonyl (C=O) groups excluding carboxylic acids is 1. The van der Waals surface area contributed by atoms with E-state index >= 15 is 0 Å². The molecule has 0 fully saturated rings. The average molecular weight is 335 g/mol. The molecule has 0 bridgehead atoms. The Bertz CT molecular complexity index is 857. The van der Waals surface area contributed by atoms with E-state index in [1.807, 2.05) is 73.3 Å². The highest BCUT2D eigenvalue weighted by Gasteiger charge is 2.09. The summed E-state index contributed by atoms with van der Waals surface area (Å²) in [6.45, 7) is 4.57. The molecule has 1 aromatic heterocycles. The van der Waals surface area contributed by atoms with Gasteiger partial charge in [-0.15, -0.1) is 0 Å². The van der Waals surface area contributed by atoms with E-state index in [1.165, 1.54) is 5.56 Å². The lowest BCUT2D eigenvalue weighted by molar-refractivity contribution is -0.118. The van der Waals surface area contributed by atoms with Crippen molar-refractivity contribution in [3.05, 3.63) is 77.6 Å². The van der Waals surface area contributed by atoms with Crippen LogP contribution in [0.15, 0.2) is 60.9 Å². The first-order chi connectivity index (χ1) is 12.1. The van der Waals surface area contributed by atoms with E-state index in [2.05, 4.69) is 10.4 Å². The van der Waals surface area contributed by atoms with E-state index in [4.69, 9.17) is 4.74 Å². The summed E-state index contributed by atoms with van der Waals surface area (Å²) in [5, 5.41) is 7.12. The van der Waals surface area contributed by atoms with Crippen molar-refractivity contribution >= 4 is 11.6 Å². The van der Waals surface area contributed by atoms with Crippen molar-refractivity contribution in [2.45, 2.75) is 20.4 Å². The Morgan fingerprint density at radius 2 is 2.00 bits per heavy atom. The molecule has 5 heteroatoms. The summed E-state index contributed by atoms with van der Waals surface area (Å²) < 4.78 is 7.46. The normalized spacial score (nSPS) is 10.5. The summed E-state index contributed by atoms with van der Waals surface area (Å²) in [6, 6.07) is 15.5. The summed E-state index contributed by atoms with van der Waals surface area (Å²) >= 11 is 0. The van der Waals surface area contributed by atoms with Crippen molar-refractivity contribution in [1.29, 1.82) is 0 Å². The molecule has 2 aromatic carbocycles. The largest absolute Gasteiger partial charge is 0.483 e. The number of ether oxygens (including phenoxy) is 1. The molecule has 1 amide bonds. The van der Waals surface area contributed by atoms with E-state index in [9.17, 15) is 4.79 Å². The van der Waals surface area contributed by atoms with Gasteiger partial charge in [0, 0.05) is 18.1 Å². The van der Waals surface area contributed by atoms with Gasteiger partial charge in [-0.05, 0) is 43.2 Å². The number of aromatic nitrogens is 2. The SMILES string of the molecule is Cc1ccc(OCC(=O)Nc2ccccc2Cn2cccn2)c(C)c1. The molecule has 1 N–H and O–H groups in total. The molecule has 0 aliphatic carbocycles. The van der Waals surface area contributed by atoms with Gasteiger partial charge < -0.3 is 10.1 Å². The van der Waals surface area contributed by atoms with Gasteiger partial charge in [-0.2, -0.15) is 5.10 Å². The molecule has 3 rings (SSSR count). The number of benzene rings is 2. The van der Waals surface area contributed by atoms with Crippen LogP contribution in [-0.4, -0.2) is 22.3 Å². The van der Waals surface area contributed by atoms with Crippen LogP contribution >= 0.6 is 0 Å². The quantitative estimate of drug-likeness (QED) is 0.749. The molecule has 128 valence electrons. The first-order valence-electron chi connectivity index (χ1n) is 8.17. The zero-order chi connectivity index (χ0) is 17.6. The topological polar surface area (TPSA) is 56.1 Å². The smallest absolute Gasteiger partial charge is 0.262 e. The van der Waals surface area contributed by atoms with Gasteiger partial charge in [0.2, 0.25) is 0 Å². The number of amides is 1. The Labute approximate surface area is 147 Å². The van der Waals surface area contributed by atoms with Crippen molar-refractivity contribution in [1.82, 2.24) is 9.78 Å². The van der Waals surface area contributed by atoms with Gasteiger partial charge in [0.05, 0.1) is 6.54 Å². The maximum absolute atomic E-state index is 12.3. The van der Waals surface area contributed by atoms with Crippen molar-refractivity contribution in [3.8, 4) is 5.75 Å². The minimum absolute atomic E-state index is 0.0278. The van der Waals surface area contributed by atoms with Crippen LogP contribution in [0.5, 0.6) is 5.75 Å². The molecule has 25 heavy (non-hydrogen) atoms. The maximum Gasteiger partial charge on any atom is 0.262 e. The molecule has 3 aromatic rings. The Balaban J connectivity index is 1.63.